The zero-order valence-electron chi connectivity index (χ0n) is 13.1. The molecular formula is C18H19FN2O2. The summed E-state index contributed by atoms with van der Waals surface area (Å²) in [5.74, 6) is 0.401. The Hall–Kier alpha value is -2.43. The lowest BCUT2D eigenvalue weighted by Crippen LogP contribution is -2.37. The Morgan fingerprint density at radius 3 is 2.78 bits per heavy atom. The predicted molar refractivity (Wildman–Crippen MR) is 84.6 cm³/mol. The average molecular weight is 314 g/mol. The molecule has 3 rings (SSSR count). The molecule has 1 aromatic heterocycles. The van der Waals surface area contributed by atoms with Gasteiger partial charge in [-0.05, 0) is 30.2 Å². The van der Waals surface area contributed by atoms with Gasteiger partial charge < -0.3 is 9.64 Å². The zero-order valence-corrected chi connectivity index (χ0v) is 13.1. The third-order valence-electron chi connectivity index (χ3n) is 3.94. The third kappa shape index (κ3) is 3.67. The molecule has 0 saturated heterocycles. The lowest BCUT2D eigenvalue weighted by Gasteiger charge is -2.28. The van der Waals surface area contributed by atoms with Gasteiger partial charge in [-0.2, -0.15) is 0 Å². The Bertz CT molecular complexity index is 701. The summed E-state index contributed by atoms with van der Waals surface area (Å²) < 4.78 is 18.3. The maximum Gasteiger partial charge on any atom is 0.227 e. The van der Waals surface area contributed by atoms with E-state index in [0.717, 1.165) is 23.2 Å². The minimum absolute atomic E-state index is 0.0520. The quantitative estimate of drug-likeness (QED) is 0.871. The standard InChI is InChI=1S/C18H19FN2O2/c1-2-23-17-8-5-14-12-21(10-9-16(14)20-17)18(22)11-13-3-6-15(19)7-4-13/h3-8H,2,9-12H2,1H3. The number of benzene rings is 1. The summed E-state index contributed by atoms with van der Waals surface area (Å²) in [6, 6.07) is 9.89. The van der Waals surface area contributed by atoms with Crippen LogP contribution in [0.2, 0.25) is 0 Å². The highest BCUT2D eigenvalue weighted by atomic mass is 19.1. The van der Waals surface area contributed by atoms with E-state index in [1.807, 2.05) is 24.0 Å². The van der Waals surface area contributed by atoms with E-state index in [-0.39, 0.29) is 11.7 Å². The van der Waals surface area contributed by atoms with Crippen molar-refractivity contribution in [2.75, 3.05) is 13.2 Å². The molecule has 0 saturated carbocycles. The number of hydrogen-bond donors (Lipinski definition) is 0. The number of aromatic nitrogens is 1. The van der Waals surface area contributed by atoms with Crippen molar-refractivity contribution in [1.82, 2.24) is 9.88 Å². The summed E-state index contributed by atoms with van der Waals surface area (Å²) in [6.07, 6.45) is 1.02. The maximum absolute atomic E-state index is 12.9. The minimum atomic E-state index is -0.288. The number of carbonyl (C=O) groups is 1. The van der Waals surface area contributed by atoms with Crippen LogP contribution in [0.1, 0.15) is 23.7 Å². The van der Waals surface area contributed by atoms with Gasteiger partial charge in [0.15, 0.2) is 0 Å². The van der Waals surface area contributed by atoms with Crippen LogP contribution in [0.5, 0.6) is 5.88 Å². The van der Waals surface area contributed by atoms with E-state index in [2.05, 4.69) is 4.98 Å². The number of carbonyl (C=O) groups excluding carboxylic acids is 1. The fraction of sp³-hybridized carbons (Fsp3) is 0.333. The van der Waals surface area contributed by atoms with Crippen molar-refractivity contribution in [3.63, 3.8) is 0 Å². The van der Waals surface area contributed by atoms with Crippen LogP contribution in [0, 0.1) is 5.82 Å². The molecular weight excluding hydrogens is 295 g/mol. The van der Waals surface area contributed by atoms with Crippen molar-refractivity contribution in [3.8, 4) is 5.88 Å². The first-order chi connectivity index (χ1) is 11.2. The van der Waals surface area contributed by atoms with Gasteiger partial charge in [0.1, 0.15) is 5.82 Å². The molecule has 4 nitrogen and oxygen atoms in total. The van der Waals surface area contributed by atoms with Crippen molar-refractivity contribution in [2.24, 2.45) is 0 Å². The lowest BCUT2D eigenvalue weighted by molar-refractivity contribution is -0.131. The number of amides is 1. The number of ether oxygens (including phenoxy) is 1. The van der Waals surface area contributed by atoms with Crippen LogP contribution in [0.15, 0.2) is 36.4 Å². The Kier molecular flexibility index (Phi) is 4.55. The van der Waals surface area contributed by atoms with Crippen LogP contribution in [0.3, 0.4) is 0 Å². The predicted octanol–water partition coefficient (Wildman–Crippen LogP) is 2.75. The van der Waals surface area contributed by atoms with Gasteiger partial charge in [0.25, 0.3) is 0 Å². The summed E-state index contributed by atoms with van der Waals surface area (Å²) in [5, 5.41) is 0. The molecule has 2 heterocycles. The smallest absolute Gasteiger partial charge is 0.227 e. The van der Waals surface area contributed by atoms with Crippen molar-refractivity contribution in [3.05, 3.63) is 59.0 Å². The average Bonchev–Trinajstić information content (AvgIpc) is 2.56. The first-order valence-corrected chi connectivity index (χ1v) is 7.79. The molecule has 1 aromatic carbocycles. The summed E-state index contributed by atoms with van der Waals surface area (Å²) in [5.41, 5.74) is 2.89. The monoisotopic (exact) mass is 314 g/mol. The van der Waals surface area contributed by atoms with Crippen LogP contribution < -0.4 is 4.74 Å². The fourth-order valence-corrected chi connectivity index (χ4v) is 2.73. The first-order valence-electron chi connectivity index (χ1n) is 7.79. The normalized spacial score (nSPS) is 13.6. The number of pyridine rings is 1. The summed E-state index contributed by atoms with van der Waals surface area (Å²) >= 11 is 0. The molecule has 1 aliphatic heterocycles. The van der Waals surface area contributed by atoms with Gasteiger partial charge in [-0.3, -0.25) is 4.79 Å². The van der Waals surface area contributed by atoms with Gasteiger partial charge in [0, 0.05) is 25.6 Å². The van der Waals surface area contributed by atoms with Crippen molar-refractivity contribution >= 4 is 5.91 Å². The lowest BCUT2D eigenvalue weighted by atomic mass is 10.0. The highest BCUT2D eigenvalue weighted by molar-refractivity contribution is 5.79. The molecule has 0 unspecified atom stereocenters. The maximum atomic E-state index is 12.9. The van der Waals surface area contributed by atoms with Crippen LogP contribution in [0.4, 0.5) is 4.39 Å². The number of halogens is 1. The van der Waals surface area contributed by atoms with Crippen LogP contribution in [-0.4, -0.2) is 28.9 Å². The Labute approximate surface area is 134 Å². The van der Waals surface area contributed by atoms with Gasteiger partial charge in [0.05, 0.1) is 18.7 Å². The van der Waals surface area contributed by atoms with Gasteiger partial charge in [-0.25, -0.2) is 9.37 Å². The summed E-state index contributed by atoms with van der Waals surface area (Å²) in [7, 11) is 0. The molecule has 0 fully saturated rings. The number of fused-ring (bicyclic) bond motifs is 1. The number of rotatable bonds is 4. The molecule has 2 aromatic rings. The van der Waals surface area contributed by atoms with Crippen molar-refractivity contribution in [2.45, 2.75) is 26.3 Å². The SMILES string of the molecule is CCOc1ccc2c(n1)CCN(C(=O)Cc1ccc(F)cc1)C2. The molecule has 1 aliphatic rings. The molecule has 1 amide bonds. The highest BCUT2D eigenvalue weighted by Gasteiger charge is 2.22. The van der Waals surface area contributed by atoms with Gasteiger partial charge in [0.2, 0.25) is 11.8 Å². The highest BCUT2D eigenvalue weighted by Crippen LogP contribution is 2.21. The molecule has 0 radical (unpaired) electrons. The van der Waals surface area contributed by atoms with E-state index >= 15 is 0 Å². The van der Waals surface area contributed by atoms with Crippen LogP contribution in [0.25, 0.3) is 0 Å². The largest absolute Gasteiger partial charge is 0.478 e. The molecule has 0 bridgehead atoms. The second kappa shape index (κ2) is 6.77. The van der Waals surface area contributed by atoms with E-state index < -0.39 is 0 Å². The molecule has 0 aliphatic carbocycles. The molecule has 120 valence electrons. The van der Waals surface area contributed by atoms with Crippen molar-refractivity contribution < 1.29 is 13.9 Å². The summed E-state index contributed by atoms with van der Waals surface area (Å²) in [4.78, 5) is 18.7. The number of hydrogen-bond acceptors (Lipinski definition) is 3. The number of nitrogens with zero attached hydrogens (tertiary/aromatic N) is 2. The molecule has 5 heteroatoms. The fourth-order valence-electron chi connectivity index (χ4n) is 2.73. The van der Waals surface area contributed by atoms with Gasteiger partial charge in [-0.15, -0.1) is 0 Å². The van der Waals surface area contributed by atoms with Gasteiger partial charge in [-0.1, -0.05) is 18.2 Å². The van der Waals surface area contributed by atoms with Crippen molar-refractivity contribution in [1.29, 1.82) is 0 Å². The van der Waals surface area contributed by atoms with E-state index in [1.165, 1.54) is 12.1 Å². The zero-order chi connectivity index (χ0) is 16.2. The van der Waals surface area contributed by atoms with Crippen LogP contribution >= 0.6 is 0 Å². The molecule has 0 N–H and O–H groups in total. The summed E-state index contributed by atoms with van der Waals surface area (Å²) in [6.45, 7) is 3.73. The molecule has 0 atom stereocenters. The topological polar surface area (TPSA) is 42.4 Å². The molecule has 0 spiro atoms. The second-order valence-corrected chi connectivity index (χ2v) is 5.56. The third-order valence-corrected chi connectivity index (χ3v) is 3.94. The van der Waals surface area contributed by atoms with E-state index in [1.54, 1.807) is 12.1 Å². The minimum Gasteiger partial charge on any atom is -0.478 e. The Morgan fingerprint density at radius 1 is 1.26 bits per heavy atom. The Morgan fingerprint density at radius 2 is 2.04 bits per heavy atom. The Balaban J connectivity index is 1.66. The molecule has 23 heavy (non-hydrogen) atoms. The van der Waals surface area contributed by atoms with E-state index in [9.17, 15) is 9.18 Å². The van der Waals surface area contributed by atoms with E-state index in [4.69, 9.17) is 4.74 Å². The first kappa shape index (κ1) is 15.5. The second-order valence-electron chi connectivity index (χ2n) is 5.56. The van der Waals surface area contributed by atoms with Crippen LogP contribution in [-0.2, 0) is 24.2 Å². The van der Waals surface area contributed by atoms with Gasteiger partial charge >= 0.3 is 0 Å². The van der Waals surface area contributed by atoms with E-state index in [0.29, 0.717) is 32.0 Å².